The van der Waals surface area contributed by atoms with Crippen molar-refractivity contribution < 1.29 is 27.8 Å². The van der Waals surface area contributed by atoms with Crippen molar-refractivity contribution in [2.75, 3.05) is 6.61 Å². The number of alkyl halides is 3. The van der Waals surface area contributed by atoms with E-state index in [1.54, 1.807) is 19.1 Å². The van der Waals surface area contributed by atoms with Gasteiger partial charge in [-0.05, 0) is 12.5 Å². The fourth-order valence-electron chi connectivity index (χ4n) is 1.79. The van der Waals surface area contributed by atoms with Gasteiger partial charge >= 0.3 is 12.1 Å². The molecule has 2 aromatic heterocycles. The summed E-state index contributed by atoms with van der Waals surface area (Å²) in [6, 6.07) is 3.19. The summed E-state index contributed by atoms with van der Waals surface area (Å²) in [7, 11) is 0. The molecule has 0 amide bonds. The van der Waals surface area contributed by atoms with Crippen LogP contribution < -0.4 is 4.74 Å². The second kappa shape index (κ2) is 6.04. The third-order valence-electron chi connectivity index (χ3n) is 2.69. The van der Waals surface area contributed by atoms with E-state index in [2.05, 4.69) is 10.1 Å². The number of pyridine rings is 1. The normalized spacial score (nSPS) is 11.5. The second-order valence-corrected chi connectivity index (χ2v) is 4.33. The molecule has 0 saturated carbocycles. The van der Waals surface area contributed by atoms with Crippen molar-refractivity contribution in [3.63, 3.8) is 0 Å². The molecular weight excluding hydrogens is 303 g/mol. The van der Waals surface area contributed by atoms with Crippen LogP contribution in [0.25, 0.3) is 0 Å². The molecule has 0 fully saturated rings. The highest BCUT2D eigenvalue weighted by molar-refractivity contribution is 5.88. The zero-order valence-electron chi connectivity index (χ0n) is 11.5. The van der Waals surface area contributed by atoms with Gasteiger partial charge in [-0.15, -0.1) is 0 Å². The lowest BCUT2D eigenvalue weighted by Crippen LogP contribution is -2.12. The predicted octanol–water partition coefficient (Wildman–Crippen LogP) is 2.44. The SMILES string of the molecule is CCOc1ccc(Cn2cc(C(=O)O)c(C(F)(F)F)n2)cn1. The number of nitrogens with zero attached hydrogens (tertiary/aromatic N) is 3. The first-order chi connectivity index (χ1) is 10.3. The summed E-state index contributed by atoms with van der Waals surface area (Å²) in [5, 5.41) is 12.1. The first-order valence-corrected chi connectivity index (χ1v) is 6.27. The van der Waals surface area contributed by atoms with Crippen molar-refractivity contribution >= 4 is 5.97 Å². The quantitative estimate of drug-likeness (QED) is 0.917. The lowest BCUT2D eigenvalue weighted by Gasteiger charge is -2.05. The third kappa shape index (κ3) is 3.54. The summed E-state index contributed by atoms with van der Waals surface area (Å²) >= 11 is 0. The smallest absolute Gasteiger partial charge is 0.436 e. The van der Waals surface area contributed by atoms with Crippen molar-refractivity contribution in [1.29, 1.82) is 0 Å². The van der Waals surface area contributed by atoms with Crippen molar-refractivity contribution in [1.82, 2.24) is 14.8 Å². The molecule has 22 heavy (non-hydrogen) atoms. The van der Waals surface area contributed by atoms with Gasteiger partial charge in [-0.2, -0.15) is 18.3 Å². The summed E-state index contributed by atoms with van der Waals surface area (Å²) in [6.45, 7) is 2.21. The van der Waals surface area contributed by atoms with Gasteiger partial charge in [0.15, 0.2) is 5.69 Å². The van der Waals surface area contributed by atoms with Crippen LogP contribution in [0.5, 0.6) is 5.88 Å². The van der Waals surface area contributed by atoms with E-state index in [4.69, 9.17) is 9.84 Å². The first-order valence-electron chi connectivity index (χ1n) is 6.27. The molecule has 0 bridgehead atoms. The van der Waals surface area contributed by atoms with Gasteiger partial charge in [0, 0.05) is 18.5 Å². The first kappa shape index (κ1) is 15.8. The molecular formula is C13H12F3N3O3. The molecule has 0 aliphatic rings. The molecule has 9 heteroatoms. The Morgan fingerprint density at radius 1 is 1.41 bits per heavy atom. The van der Waals surface area contributed by atoms with E-state index in [1.165, 1.54) is 6.20 Å². The Hall–Kier alpha value is -2.58. The Labute approximate surface area is 123 Å². The lowest BCUT2D eigenvalue weighted by atomic mass is 10.2. The number of ether oxygens (including phenoxy) is 1. The van der Waals surface area contributed by atoms with Gasteiger partial charge < -0.3 is 9.84 Å². The van der Waals surface area contributed by atoms with Crippen LogP contribution in [0.4, 0.5) is 13.2 Å². The van der Waals surface area contributed by atoms with Gasteiger partial charge in [-0.3, -0.25) is 4.68 Å². The van der Waals surface area contributed by atoms with E-state index in [0.29, 0.717) is 18.1 Å². The molecule has 1 N–H and O–H groups in total. The second-order valence-electron chi connectivity index (χ2n) is 4.33. The Morgan fingerprint density at radius 2 is 2.14 bits per heavy atom. The van der Waals surface area contributed by atoms with Gasteiger partial charge in [0.25, 0.3) is 0 Å². The van der Waals surface area contributed by atoms with Crippen molar-refractivity contribution in [2.24, 2.45) is 0 Å². The lowest BCUT2D eigenvalue weighted by molar-refractivity contribution is -0.142. The van der Waals surface area contributed by atoms with E-state index < -0.39 is 23.4 Å². The Kier molecular flexibility index (Phi) is 4.34. The van der Waals surface area contributed by atoms with Crippen molar-refractivity contribution in [2.45, 2.75) is 19.6 Å². The summed E-state index contributed by atoms with van der Waals surface area (Å²) < 4.78 is 44.3. The number of carboxylic acids is 1. The summed E-state index contributed by atoms with van der Waals surface area (Å²) in [5.41, 5.74) is -1.73. The molecule has 118 valence electrons. The van der Waals surface area contributed by atoms with Crippen LogP contribution in [0, 0.1) is 0 Å². The van der Waals surface area contributed by atoms with E-state index >= 15 is 0 Å². The largest absolute Gasteiger partial charge is 0.478 e. The maximum absolute atomic E-state index is 12.7. The molecule has 6 nitrogen and oxygen atoms in total. The van der Waals surface area contributed by atoms with Crippen LogP contribution >= 0.6 is 0 Å². The molecule has 0 unspecified atom stereocenters. The molecule has 0 aliphatic heterocycles. The van der Waals surface area contributed by atoms with Crippen LogP contribution in [0.3, 0.4) is 0 Å². The van der Waals surface area contributed by atoms with Gasteiger partial charge in [0.05, 0.1) is 13.2 Å². The van der Waals surface area contributed by atoms with Crippen LogP contribution in [0.2, 0.25) is 0 Å². The van der Waals surface area contributed by atoms with E-state index in [9.17, 15) is 18.0 Å². The highest BCUT2D eigenvalue weighted by Gasteiger charge is 2.39. The number of carboxylic acid groups (broad SMARTS) is 1. The molecule has 2 heterocycles. The van der Waals surface area contributed by atoms with Crippen molar-refractivity contribution in [3.8, 4) is 5.88 Å². The summed E-state index contributed by atoms with van der Waals surface area (Å²) in [5.74, 6) is -1.28. The van der Waals surface area contributed by atoms with Crippen LogP contribution in [0.15, 0.2) is 24.5 Å². The highest BCUT2D eigenvalue weighted by Crippen LogP contribution is 2.30. The van der Waals surface area contributed by atoms with Crippen LogP contribution in [-0.4, -0.2) is 32.4 Å². The minimum Gasteiger partial charge on any atom is -0.478 e. The molecule has 2 aromatic rings. The number of rotatable bonds is 5. The van der Waals surface area contributed by atoms with E-state index in [-0.39, 0.29) is 6.54 Å². The predicted molar refractivity (Wildman–Crippen MR) is 68.7 cm³/mol. The molecule has 0 aliphatic carbocycles. The minimum atomic E-state index is -4.82. The molecule has 2 rings (SSSR count). The molecule has 0 radical (unpaired) electrons. The topological polar surface area (TPSA) is 77.2 Å². The van der Waals surface area contributed by atoms with Gasteiger partial charge in [-0.1, -0.05) is 6.07 Å². The average Bonchev–Trinajstić information content (AvgIpc) is 2.85. The van der Waals surface area contributed by atoms with Crippen LogP contribution in [0.1, 0.15) is 28.5 Å². The Bertz CT molecular complexity index is 665. The molecule has 0 atom stereocenters. The van der Waals surface area contributed by atoms with Crippen molar-refractivity contribution in [3.05, 3.63) is 41.3 Å². The number of halogens is 3. The van der Waals surface area contributed by atoms with E-state index in [1.807, 2.05) is 0 Å². The molecule has 0 aromatic carbocycles. The monoisotopic (exact) mass is 315 g/mol. The third-order valence-corrected chi connectivity index (χ3v) is 2.69. The average molecular weight is 315 g/mol. The standard InChI is InChI=1S/C13H12F3N3O3/c1-2-22-10-4-3-8(5-17-10)6-19-7-9(12(20)21)11(18-19)13(14,15)16/h3-5,7H,2,6H2,1H3,(H,20,21). The maximum atomic E-state index is 12.7. The van der Waals surface area contributed by atoms with Gasteiger partial charge in [0.1, 0.15) is 5.56 Å². The summed E-state index contributed by atoms with van der Waals surface area (Å²) in [6.07, 6.45) is -2.54. The zero-order valence-corrected chi connectivity index (χ0v) is 11.5. The zero-order chi connectivity index (χ0) is 16.3. The minimum absolute atomic E-state index is 0.0320. The number of aromatic carboxylic acids is 1. The number of carbonyl (C=O) groups is 1. The summed E-state index contributed by atoms with van der Waals surface area (Å²) in [4.78, 5) is 14.8. The highest BCUT2D eigenvalue weighted by atomic mass is 19.4. The molecule has 0 spiro atoms. The number of aromatic nitrogens is 3. The fourth-order valence-corrected chi connectivity index (χ4v) is 1.79. The number of hydrogen-bond acceptors (Lipinski definition) is 4. The van der Waals surface area contributed by atoms with Gasteiger partial charge in [0.2, 0.25) is 5.88 Å². The fraction of sp³-hybridized carbons (Fsp3) is 0.308. The Morgan fingerprint density at radius 3 is 2.59 bits per heavy atom. The maximum Gasteiger partial charge on any atom is 0.436 e. The number of hydrogen-bond donors (Lipinski definition) is 1. The van der Waals surface area contributed by atoms with Crippen LogP contribution in [-0.2, 0) is 12.7 Å². The van der Waals surface area contributed by atoms with Gasteiger partial charge in [-0.25, -0.2) is 9.78 Å². The molecule has 0 saturated heterocycles. The van der Waals surface area contributed by atoms with E-state index in [0.717, 1.165) is 10.9 Å². The Balaban J connectivity index is 2.24.